The molecule has 0 saturated heterocycles. The van der Waals surface area contributed by atoms with Gasteiger partial charge in [0.05, 0.1) is 26.2 Å². The molecule has 0 bridgehead atoms. The fourth-order valence-electron chi connectivity index (χ4n) is 1.36. The SMILES string of the molecule is CC(C)(C)OC(=O)CCOCCOCCCCCO. The van der Waals surface area contributed by atoms with E-state index in [2.05, 4.69) is 0 Å². The fourth-order valence-corrected chi connectivity index (χ4v) is 1.36. The van der Waals surface area contributed by atoms with Gasteiger partial charge in [-0.25, -0.2) is 0 Å². The topological polar surface area (TPSA) is 65.0 Å². The molecule has 0 amide bonds. The lowest BCUT2D eigenvalue weighted by Crippen LogP contribution is -2.24. The summed E-state index contributed by atoms with van der Waals surface area (Å²) in [5.41, 5.74) is -0.436. The minimum Gasteiger partial charge on any atom is -0.460 e. The Labute approximate surface area is 116 Å². The first-order chi connectivity index (χ1) is 8.95. The highest BCUT2D eigenvalue weighted by Crippen LogP contribution is 2.07. The Kier molecular flexibility index (Phi) is 10.8. The second-order valence-electron chi connectivity index (χ2n) is 5.35. The summed E-state index contributed by atoms with van der Waals surface area (Å²) >= 11 is 0. The van der Waals surface area contributed by atoms with E-state index >= 15 is 0 Å². The lowest BCUT2D eigenvalue weighted by atomic mass is 10.2. The molecule has 0 rings (SSSR count). The van der Waals surface area contributed by atoms with Crippen LogP contribution in [-0.4, -0.2) is 49.7 Å². The molecule has 19 heavy (non-hydrogen) atoms. The van der Waals surface area contributed by atoms with Crippen molar-refractivity contribution >= 4 is 5.97 Å². The van der Waals surface area contributed by atoms with Crippen molar-refractivity contribution in [1.82, 2.24) is 0 Å². The second-order valence-corrected chi connectivity index (χ2v) is 5.35. The van der Waals surface area contributed by atoms with E-state index in [9.17, 15) is 4.79 Å². The third-order valence-corrected chi connectivity index (χ3v) is 2.19. The van der Waals surface area contributed by atoms with Gasteiger partial charge in [-0.3, -0.25) is 4.79 Å². The molecule has 5 nitrogen and oxygen atoms in total. The molecule has 0 radical (unpaired) electrons. The van der Waals surface area contributed by atoms with Gasteiger partial charge in [-0.15, -0.1) is 0 Å². The quantitative estimate of drug-likeness (QED) is 0.461. The van der Waals surface area contributed by atoms with E-state index in [0.29, 0.717) is 26.4 Å². The summed E-state index contributed by atoms with van der Waals surface area (Å²) in [6.45, 7) is 7.85. The van der Waals surface area contributed by atoms with Crippen LogP contribution in [0.5, 0.6) is 0 Å². The summed E-state index contributed by atoms with van der Waals surface area (Å²) in [4.78, 5) is 11.3. The van der Waals surface area contributed by atoms with Crippen LogP contribution in [0.25, 0.3) is 0 Å². The van der Waals surface area contributed by atoms with Gasteiger partial charge >= 0.3 is 5.97 Å². The van der Waals surface area contributed by atoms with Crippen LogP contribution < -0.4 is 0 Å². The Balaban J connectivity index is 3.21. The Bertz CT molecular complexity index is 222. The third kappa shape index (κ3) is 15.3. The maximum atomic E-state index is 11.3. The smallest absolute Gasteiger partial charge is 0.308 e. The number of aliphatic hydroxyl groups is 1. The van der Waals surface area contributed by atoms with Crippen LogP contribution in [0, 0.1) is 0 Å². The van der Waals surface area contributed by atoms with E-state index in [-0.39, 0.29) is 19.0 Å². The van der Waals surface area contributed by atoms with Crippen LogP contribution in [0.3, 0.4) is 0 Å². The summed E-state index contributed by atoms with van der Waals surface area (Å²) < 4.78 is 15.8. The van der Waals surface area contributed by atoms with E-state index in [1.54, 1.807) is 0 Å². The zero-order valence-electron chi connectivity index (χ0n) is 12.4. The van der Waals surface area contributed by atoms with Gasteiger partial charge in [0.2, 0.25) is 0 Å². The number of ether oxygens (including phenoxy) is 3. The monoisotopic (exact) mass is 276 g/mol. The van der Waals surface area contributed by atoms with Crippen LogP contribution in [0.4, 0.5) is 0 Å². The van der Waals surface area contributed by atoms with Crippen molar-refractivity contribution in [3.05, 3.63) is 0 Å². The number of esters is 1. The molecule has 0 fully saturated rings. The third-order valence-electron chi connectivity index (χ3n) is 2.19. The number of unbranched alkanes of at least 4 members (excludes halogenated alkanes) is 2. The van der Waals surface area contributed by atoms with Crippen molar-refractivity contribution in [1.29, 1.82) is 0 Å². The minimum atomic E-state index is -0.436. The van der Waals surface area contributed by atoms with Gasteiger partial charge in [-0.05, 0) is 40.0 Å². The van der Waals surface area contributed by atoms with E-state index in [4.69, 9.17) is 19.3 Å². The van der Waals surface area contributed by atoms with Gasteiger partial charge < -0.3 is 19.3 Å². The van der Waals surface area contributed by atoms with Gasteiger partial charge in [0.1, 0.15) is 5.60 Å². The Morgan fingerprint density at radius 2 is 1.58 bits per heavy atom. The largest absolute Gasteiger partial charge is 0.460 e. The summed E-state index contributed by atoms with van der Waals surface area (Å²) in [5, 5.41) is 8.58. The highest BCUT2D eigenvalue weighted by atomic mass is 16.6. The zero-order valence-corrected chi connectivity index (χ0v) is 12.4. The lowest BCUT2D eigenvalue weighted by molar-refractivity contribution is -0.156. The number of hydrogen-bond acceptors (Lipinski definition) is 5. The van der Waals surface area contributed by atoms with Crippen molar-refractivity contribution in [3.8, 4) is 0 Å². The van der Waals surface area contributed by atoms with Crippen molar-refractivity contribution in [2.24, 2.45) is 0 Å². The average molecular weight is 276 g/mol. The van der Waals surface area contributed by atoms with E-state index in [1.807, 2.05) is 20.8 Å². The molecule has 0 atom stereocenters. The molecule has 0 aliphatic rings. The van der Waals surface area contributed by atoms with E-state index < -0.39 is 5.60 Å². The molecule has 0 saturated carbocycles. The molecule has 114 valence electrons. The second kappa shape index (κ2) is 11.2. The minimum absolute atomic E-state index is 0.238. The van der Waals surface area contributed by atoms with Gasteiger partial charge in [-0.2, -0.15) is 0 Å². The molecule has 0 aromatic heterocycles. The van der Waals surface area contributed by atoms with Crippen molar-refractivity contribution in [2.45, 2.75) is 52.1 Å². The Morgan fingerprint density at radius 3 is 2.16 bits per heavy atom. The van der Waals surface area contributed by atoms with E-state index in [1.165, 1.54) is 0 Å². The number of rotatable bonds is 11. The Hall–Kier alpha value is -0.650. The molecule has 0 aliphatic heterocycles. The van der Waals surface area contributed by atoms with Crippen LogP contribution in [-0.2, 0) is 19.0 Å². The Morgan fingerprint density at radius 1 is 0.947 bits per heavy atom. The van der Waals surface area contributed by atoms with Crippen molar-refractivity contribution in [3.63, 3.8) is 0 Å². The fraction of sp³-hybridized carbons (Fsp3) is 0.929. The highest BCUT2D eigenvalue weighted by Gasteiger charge is 2.15. The first-order valence-electron chi connectivity index (χ1n) is 6.94. The molecule has 0 aromatic rings. The van der Waals surface area contributed by atoms with Gasteiger partial charge in [0.15, 0.2) is 0 Å². The number of aliphatic hydroxyl groups excluding tert-OH is 1. The number of carbonyl (C=O) groups is 1. The van der Waals surface area contributed by atoms with Crippen LogP contribution >= 0.6 is 0 Å². The van der Waals surface area contributed by atoms with E-state index in [0.717, 1.165) is 19.3 Å². The average Bonchev–Trinajstić information content (AvgIpc) is 2.29. The maximum Gasteiger partial charge on any atom is 0.308 e. The highest BCUT2D eigenvalue weighted by molar-refractivity contribution is 5.69. The predicted molar refractivity (Wildman–Crippen MR) is 73.0 cm³/mol. The summed E-state index contributed by atoms with van der Waals surface area (Å²) in [6, 6.07) is 0. The van der Waals surface area contributed by atoms with Gasteiger partial charge in [-0.1, -0.05) is 0 Å². The molecule has 0 unspecified atom stereocenters. The normalized spacial score (nSPS) is 11.6. The van der Waals surface area contributed by atoms with Gasteiger partial charge in [0, 0.05) is 13.2 Å². The maximum absolute atomic E-state index is 11.3. The molecule has 1 N–H and O–H groups in total. The molecular formula is C14H28O5. The van der Waals surface area contributed by atoms with Crippen LogP contribution in [0.2, 0.25) is 0 Å². The molecular weight excluding hydrogens is 248 g/mol. The summed E-state index contributed by atoms with van der Waals surface area (Å²) in [7, 11) is 0. The predicted octanol–water partition coefficient (Wildman–Crippen LogP) is 1.91. The standard InChI is InChI=1S/C14H28O5/c1-14(2,3)19-13(16)7-10-18-12-11-17-9-6-4-5-8-15/h15H,4-12H2,1-3H3. The lowest BCUT2D eigenvalue weighted by Gasteiger charge is -2.19. The molecule has 0 aliphatic carbocycles. The first-order valence-corrected chi connectivity index (χ1v) is 6.94. The number of hydrogen-bond donors (Lipinski definition) is 1. The van der Waals surface area contributed by atoms with Crippen LogP contribution in [0.15, 0.2) is 0 Å². The molecule has 5 heteroatoms. The zero-order chi connectivity index (χ0) is 14.6. The summed E-state index contributed by atoms with van der Waals surface area (Å²) in [6.07, 6.45) is 3.04. The molecule has 0 heterocycles. The number of carbonyl (C=O) groups excluding carboxylic acids is 1. The van der Waals surface area contributed by atoms with Crippen molar-refractivity contribution in [2.75, 3.05) is 33.0 Å². The first kappa shape index (κ1) is 18.4. The summed E-state index contributed by atoms with van der Waals surface area (Å²) in [5.74, 6) is -0.238. The van der Waals surface area contributed by atoms with Crippen molar-refractivity contribution < 1.29 is 24.1 Å². The molecule has 0 aromatic carbocycles. The van der Waals surface area contributed by atoms with Crippen LogP contribution in [0.1, 0.15) is 46.5 Å². The molecule has 0 spiro atoms. The van der Waals surface area contributed by atoms with Gasteiger partial charge in [0.25, 0.3) is 0 Å².